The van der Waals surface area contributed by atoms with Gasteiger partial charge in [-0.15, -0.1) is 13.2 Å². The molecule has 5 atom stereocenters. The van der Waals surface area contributed by atoms with E-state index in [1.807, 2.05) is 26.0 Å². The van der Waals surface area contributed by atoms with E-state index in [1.165, 1.54) is 0 Å². The van der Waals surface area contributed by atoms with Gasteiger partial charge in [-0.1, -0.05) is 52.8 Å². The number of carbonyl (C=O) groups is 4. The van der Waals surface area contributed by atoms with Crippen LogP contribution in [0.4, 0.5) is 0 Å². The molecular weight excluding hydrogens is 574 g/mol. The van der Waals surface area contributed by atoms with E-state index in [0.717, 1.165) is 18.4 Å². The first-order valence-electron chi connectivity index (χ1n) is 16.1. The number of unbranched alkanes of at least 4 members (excludes halogenated alkanes) is 2. The largest absolute Gasteiger partial charge is 0.457 e. The second-order valence-electron chi connectivity index (χ2n) is 13.9. The summed E-state index contributed by atoms with van der Waals surface area (Å²) >= 11 is 0. The number of hydrogen-bond acceptors (Lipinski definition) is 7. The molecule has 0 bridgehead atoms. The van der Waals surface area contributed by atoms with Crippen molar-refractivity contribution in [3.8, 4) is 0 Å². The molecule has 0 saturated carbocycles. The summed E-state index contributed by atoms with van der Waals surface area (Å²) in [5.41, 5.74) is 0.787. The molecule has 0 spiro atoms. The molecule has 2 amide bonds. The van der Waals surface area contributed by atoms with E-state index in [9.17, 15) is 19.2 Å². The number of ketones is 1. The zero-order valence-electron chi connectivity index (χ0n) is 28.8. The molecule has 9 heteroatoms. The van der Waals surface area contributed by atoms with Crippen LogP contribution in [0.1, 0.15) is 99.3 Å². The van der Waals surface area contributed by atoms with E-state index in [-0.39, 0.29) is 65.5 Å². The van der Waals surface area contributed by atoms with Gasteiger partial charge in [-0.05, 0) is 68.7 Å². The number of nitrogens with one attached hydrogen (secondary N) is 1. The van der Waals surface area contributed by atoms with Gasteiger partial charge in [0.15, 0.2) is 8.32 Å². The maximum atomic E-state index is 13.4. The average Bonchev–Trinajstić information content (AvgIpc) is 2.92. The van der Waals surface area contributed by atoms with Gasteiger partial charge in [0.1, 0.15) is 18.0 Å². The van der Waals surface area contributed by atoms with Gasteiger partial charge in [0.25, 0.3) is 0 Å². The normalized spacial score (nSPS) is 18.5. The Labute approximate surface area is 267 Å². The standard InChI is InChI=1S/C35H59NO7Si/c1-12-14-15-16-20-32(40)42-33(26(5)28(37)19-17-18-27-22-30(38)36-31(39)23-27)24(3)21-25(4)34(29(13-2)41-9)43-44(10,11)35(6,7)8/h12-13,21,25-27,29,33-34H,1-2,14-20,22-23H2,3-11H3,(H,36,38,39)/b24-21-/t25-,26?,29+,33+,34+/m1/s1. The lowest BCUT2D eigenvalue weighted by molar-refractivity contribution is -0.151. The Morgan fingerprint density at radius 2 is 1.66 bits per heavy atom. The van der Waals surface area contributed by atoms with Gasteiger partial charge < -0.3 is 13.9 Å². The van der Waals surface area contributed by atoms with Crippen LogP contribution in [-0.4, -0.2) is 57.3 Å². The van der Waals surface area contributed by atoms with Crippen LogP contribution in [-0.2, 0) is 33.1 Å². The van der Waals surface area contributed by atoms with E-state index in [1.54, 1.807) is 13.2 Å². The Hall–Kier alpha value is -2.36. The van der Waals surface area contributed by atoms with Crippen LogP contribution in [0.5, 0.6) is 0 Å². The van der Waals surface area contributed by atoms with E-state index < -0.39 is 20.3 Å². The minimum Gasteiger partial charge on any atom is -0.457 e. The van der Waals surface area contributed by atoms with Crippen LogP contribution < -0.4 is 5.32 Å². The number of carbonyl (C=O) groups excluding carboxylic acids is 4. The summed E-state index contributed by atoms with van der Waals surface area (Å²) in [6.45, 7) is 24.4. The van der Waals surface area contributed by atoms with Crippen molar-refractivity contribution in [1.82, 2.24) is 5.32 Å². The first kappa shape index (κ1) is 39.7. The highest BCUT2D eigenvalue weighted by Gasteiger charge is 2.42. The highest BCUT2D eigenvalue weighted by molar-refractivity contribution is 6.74. The van der Waals surface area contributed by atoms with Gasteiger partial charge in [-0.3, -0.25) is 24.5 Å². The van der Waals surface area contributed by atoms with Crippen molar-refractivity contribution in [2.24, 2.45) is 17.8 Å². The predicted molar refractivity (Wildman–Crippen MR) is 178 cm³/mol. The molecule has 1 fully saturated rings. The fraction of sp³-hybridized carbons (Fsp3) is 0.714. The predicted octanol–water partition coefficient (Wildman–Crippen LogP) is 7.25. The van der Waals surface area contributed by atoms with E-state index in [0.29, 0.717) is 32.1 Å². The summed E-state index contributed by atoms with van der Waals surface area (Å²) in [6.07, 6.45) is 8.93. The third-order valence-corrected chi connectivity index (χ3v) is 13.6. The van der Waals surface area contributed by atoms with Crippen molar-refractivity contribution < 1.29 is 33.1 Å². The quantitative estimate of drug-likeness (QED) is 0.0495. The Morgan fingerprint density at radius 1 is 1.05 bits per heavy atom. The topological polar surface area (TPSA) is 108 Å². The van der Waals surface area contributed by atoms with Crippen molar-refractivity contribution in [3.05, 3.63) is 37.0 Å². The molecule has 1 aliphatic heterocycles. The number of piperidine rings is 1. The molecule has 1 saturated heterocycles. The van der Waals surface area contributed by atoms with Gasteiger partial charge in [0, 0.05) is 38.7 Å². The molecule has 0 aromatic carbocycles. The number of Topliss-reactive ketones (excluding diaryl/α,β-unsaturated/α-hetero) is 1. The van der Waals surface area contributed by atoms with Crippen molar-refractivity contribution in [2.45, 2.75) is 136 Å². The number of amides is 2. The average molecular weight is 634 g/mol. The summed E-state index contributed by atoms with van der Waals surface area (Å²) in [6, 6.07) is 0. The van der Waals surface area contributed by atoms with Gasteiger partial charge in [-0.25, -0.2) is 0 Å². The molecule has 1 N–H and O–H groups in total. The molecule has 1 unspecified atom stereocenters. The van der Waals surface area contributed by atoms with E-state index >= 15 is 0 Å². The van der Waals surface area contributed by atoms with Crippen LogP contribution in [0, 0.1) is 17.8 Å². The molecule has 250 valence electrons. The van der Waals surface area contributed by atoms with Crippen molar-refractivity contribution in [1.29, 1.82) is 0 Å². The first-order chi connectivity index (χ1) is 20.5. The Kier molecular flexibility index (Phi) is 16.7. The molecule has 44 heavy (non-hydrogen) atoms. The van der Waals surface area contributed by atoms with Gasteiger partial charge >= 0.3 is 5.97 Å². The molecule has 1 rings (SSSR count). The third kappa shape index (κ3) is 12.9. The smallest absolute Gasteiger partial charge is 0.306 e. The van der Waals surface area contributed by atoms with Crippen LogP contribution in [0.3, 0.4) is 0 Å². The van der Waals surface area contributed by atoms with Crippen LogP contribution >= 0.6 is 0 Å². The molecule has 0 aromatic rings. The molecule has 1 aliphatic rings. The van der Waals surface area contributed by atoms with Crippen molar-refractivity contribution in [2.75, 3.05) is 7.11 Å². The lowest BCUT2D eigenvalue weighted by atomic mass is 9.86. The van der Waals surface area contributed by atoms with Crippen LogP contribution in [0.25, 0.3) is 0 Å². The maximum absolute atomic E-state index is 13.4. The van der Waals surface area contributed by atoms with Gasteiger partial charge in [-0.2, -0.15) is 0 Å². The highest BCUT2D eigenvalue weighted by Crippen LogP contribution is 2.39. The van der Waals surface area contributed by atoms with Crippen molar-refractivity contribution in [3.63, 3.8) is 0 Å². The second kappa shape index (κ2) is 18.6. The maximum Gasteiger partial charge on any atom is 0.306 e. The molecular formula is C35H59NO7Si. The molecule has 0 aliphatic carbocycles. The van der Waals surface area contributed by atoms with Crippen molar-refractivity contribution >= 4 is 31.9 Å². The number of allylic oxidation sites excluding steroid dienone is 1. The number of hydrogen-bond donors (Lipinski definition) is 1. The first-order valence-corrected chi connectivity index (χ1v) is 19.0. The van der Waals surface area contributed by atoms with Gasteiger partial charge in [0.2, 0.25) is 11.8 Å². The summed E-state index contributed by atoms with van der Waals surface area (Å²) in [5.74, 6) is -1.62. The zero-order chi connectivity index (χ0) is 33.7. The lowest BCUT2D eigenvalue weighted by Gasteiger charge is -2.42. The summed E-state index contributed by atoms with van der Waals surface area (Å²) in [7, 11) is -0.536. The minimum absolute atomic E-state index is 0.0114. The Morgan fingerprint density at radius 3 is 2.18 bits per heavy atom. The number of ether oxygens (including phenoxy) is 2. The summed E-state index contributed by atoms with van der Waals surface area (Å²) in [4.78, 5) is 49.8. The third-order valence-electron chi connectivity index (χ3n) is 9.08. The summed E-state index contributed by atoms with van der Waals surface area (Å²) < 4.78 is 18.6. The molecule has 0 radical (unpaired) electrons. The van der Waals surface area contributed by atoms with E-state index in [4.69, 9.17) is 13.9 Å². The second-order valence-corrected chi connectivity index (χ2v) is 18.6. The van der Waals surface area contributed by atoms with Crippen LogP contribution in [0.2, 0.25) is 18.1 Å². The molecule has 1 heterocycles. The molecule has 8 nitrogen and oxygen atoms in total. The fourth-order valence-corrected chi connectivity index (χ4v) is 6.71. The Balaban J connectivity index is 3.19. The Bertz CT molecular complexity index is 1010. The number of methoxy groups -OCH3 is 1. The number of imide groups is 1. The molecule has 0 aromatic heterocycles. The summed E-state index contributed by atoms with van der Waals surface area (Å²) in [5, 5.41) is 2.32. The van der Waals surface area contributed by atoms with Gasteiger partial charge in [0.05, 0.1) is 12.0 Å². The monoisotopic (exact) mass is 633 g/mol. The van der Waals surface area contributed by atoms with E-state index in [2.05, 4.69) is 59.3 Å². The zero-order valence-corrected chi connectivity index (χ0v) is 29.8. The SMILES string of the molecule is C=CCCCCC(=O)O[C@@H](/C(C)=C\[C@@H](C)[C@H](O[Si](C)(C)C(C)(C)C)[C@H](C=C)OC)C(C)C(=O)CCCC1CC(=O)NC(=O)C1. The highest BCUT2D eigenvalue weighted by atomic mass is 28.4. The van der Waals surface area contributed by atoms with Crippen LogP contribution in [0.15, 0.2) is 37.0 Å². The minimum atomic E-state index is -2.18. The number of rotatable bonds is 20. The number of esters is 1. The lowest BCUT2D eigenvalue weighted by Crippen LogP contribution is -2.49. The fourth-order valence-electron chi connectivity index (χ4n) is 5.33.